The summed E-state index contributed by atoms with van der Waals surface area (Å²) in [5.41, 5.74) is 8.87. The molecule has 0 atom stereocenters. The van der Waals surface area contributed by atoms with E-state index in [1.807, 2.05) is 66.7 Å². The van der Waals surface area contributed by atoms with Crippen LogP contribution in [0.5, 0.6) is 0 Å². The minimum Gasteiger partial charge on any atom is -0.299 e. The summed E-state index contributed by atoms with van der Waals surface area (Å²) in [5, 5.41) is 8.64. The van der Waals surface area contributed by atoms with E-state index < -0.39 is 0 Å². The summed E-state index contributed by atoms with van der Waals surface area (Å²) in [6.45, 7) is 0. The average Bonchev–Trinajstić information content (AvgIpc) is 3.70. The first-order chi connectivity index (χ1) is 29.2. The Morgan fingerprint density at radius 3 is 1.44 bits per heavy atom. The Bertz CT molecular complexity index is 3490. The first-order valence-electron chi connectivity index (χ1n) is 19.6. The molecule has 0 N–H and O–H groups in total. The van der Waals surface area contributed by atoms with E-state index in [1.54, 1.807) is 0 Å². The molecule has 0 saturated carbocycles. The van der Waals surface area contributed by atoms with Gasteiger partial charge in [0.1, 0.15) is 17.0 Å². The molecular formula is C52H31N7. The molecule has 0 saturated heterocycles. The van der Waals surface area contributed by atoms with Crippen LogP contribution in [0.15, 0.2) is 188 Å². The largest absolute Gasteiger partial charge is 0.299 e. The fourth-order valence-electron chi connectivity index (χ4n) is 8.45. The van der Waals surface area contributed by atoms with Gasteiger partial charge in [0.15, 0.2) is 17.5 Å². The highest BCUT2D eigenvalue weighted by atomic mass is 15.1. The highest BCUT2D eigenvalue weighted by Gasteiger charge is 2.21. The van der Waals surface area contributed by atoms with E-state index in [1.165, 1.54) is 10.8 Å². The van der Waals surface area contributed by atoms with E-state index in [-0.39, 0.29) is 0 Å². The number of fused-ring (bicyclic) bond motifs is 8. The smallest absolute Gasteiger partial charge is 0.183 e. The van der Waals surface area contributed by atoms with Crippen molar-refractivity contribution in [3.8, 4) is 56.9 Å². The summed E-state index contributed by atoms with van der Waals surface area (Å²) in [6.07, 6.45) is 2.07. The molecule has 0 aliphatic heterocycles. The Morgan fingerprint density at radius 2 is 0.797 bits per heavy atom. The Balaban J connectivity index is 1.07. The molecule has 0 amide bonds. The fourth-order valence-corrected chi connectivity index (χ4v) is 8.45. The van der Waals surface area contributed by atoms with E-state index in [9.17, 15) is 0 Å². The molecule has 7 heteroatoms. The van der Waals surface area contributed by atoms with Crippen LogP contribution < -0.4 is 0 Å². The summed E-state index contributed by atoms with van der Waals surface area (Å²) in [5.74, 6) is 1.49. The summed E-state index contributed by atoms with van der Waals surface area (Å²) >= 11 is 0. The molecule has 0 bridgehead atoms. The molecule has 7 aromatic carbocycles. The maximum absolute atomic E-state index is 5.21. The summed E-state index contributed by atoms with van der Waals surface area (Å²) < 4.78 is 2.16. The Morgan fingerprint density at radius 1 is 0.305 bits per heavy atom. The second-order valence-corrected chi connectivity index (χ2v) is 14.7. The summed E-state index contributed by atoms with van der Waals surface area (Å²) in [4.78, 5) is 31.2. The molecule has 0 spiro atoms. The van der Waals surface area contributed by atoms with E-state index >= 15 is 0 Å². The number of nitrogens with zero attached hydrogens (tertiary/aromatic N) is 7. The van der Waals surface area contributed by atoms with Gasteiger partial charge in [-0.1, -0.05) is 152 Å². The van der Waals surface area contributed by atoms with E-state index in [4.69, 9.17) is 29.9 Å². The van der Waals surface area contributed by atoms with Gasteiger partial charge >= 0.3 is 0 Å². The second-order valence-electron chi connectivity index (χ2n) is 14.7. The maximum atomic E-state index is 5.21. The Kier molecular flexibility index (Phi) is 7.40. The minimum absolute atomic E-state index is 0.482. The highest BCUT2D eigenvalue weighted by molar-refractivity contribution is 6.12. The van der Waals surface area contributed by atoms with Crippen molar-refractivity contribution in [3.63, 3.8) is 0 Å². The third-order valence-corrected chi connectivity index (χ3v) is 11.2. The number of para-hydroxylation sites is 2. The fraction of sp³-hybridized carbons (Fsp3) is 0. The maximum Gasteiger partial charge on any atom is 0.183 e. The van der Waals surface area contributed by atoms with Gasteiger partial charge in [0.05, 0.1) is 22.4 Å². The molecule has 5 heterocycles. The molecule has 274 valence electrons. The number of hydrogen-bond acceptors (Lipinski definition) is 6. The number of pyridine rings is 3. The van der Waals surface area contributed by atoms with Gasteiger partial charge in [-0.3, -0.25) is 4.40 Å². The number of hydrogen-bond donors (Lipinski definition) is 0. The molecule has 0 unspecified atom stereocenters. The highest BCUT2D eigenvalue weighted by Crippen LogP contribution is 2.38. The average molecular weight is 754 g/mol. The first-order valence-corrected chi connectivity index (χ1v) is 19.6. The van der Waals surface area contributed by atoms with Crippen molar-refractivity contribution in [2.45, 2.75) is 0 Å². The van der Waals surface area contributed by atoms with Crippen molar-refractivity contribution in [1.82, 2.24) is 34.3 Å². The van der Waals surface area contributed by atoms with E-state index in [0.717, 1.165) is 77.1 Å². The SMILES string of the molecule is c1ccc2cc(-c3nc4ccccn4c3-c3ccc(-c4nc(-c5nc6ccccc6c6ccccc56)nc(-c5nc6ccccc6c6ccccc56)n4)cc3)ccc2c1. The van der Waals surface area contributed by atoms with E-state index in [2.05, 4.69) is 126 Å². The molecule has 0 fully saturated rings. The van der Waals surface area contributed by atoms with Crippen LogP contribution in [0.25, 0.3) is 117 Å². The molecule has 12 rings (SSSR count). The normalized spacial score (nSPS) is 11.7. The Labute approximate surface area is 338 Å². The molecule has 5 aromatic heterocycles. The molecule has 0 aliphatic carbocycles. The molecule has 12 aromatic rings. The van der Waals surface area contributed by atoms with Crippen LogP contribution in [0.2, 0.25) is 0 Å². The molecule has 0 radical (unpaired) electrons. The van der Waals surface area contributed by atoms with Crippen molar-refractivity contribution in [1.29, 1.82) is 0 Å². The van der Waals surface area contributed by atoms with Crippen LogP contribution in [0, 0.1) is 0 Å². The summed E-state index contributed by atoms with van der Waals surface area (Å²) in [7, 11) is 0. The van der Waals surface area contributed by atoms with Gasteiger partial charge in [0, 0.05) is 44.4 Å². The van der Waals surface area contributed by atoms with Crippen LogP contribution >= 0.6 is 0 Å². The second kappa shape index (κ2) is 13.2. The molecule has 59 heavy (non-hydrogen) atoms. The monoisotopic (exact) mass is 753 g/mol. The Hall–Kier alpha value is -8.16. The lowest BCUT2D eigenvalue weighted by atomic mass is 10.0. The third kappa shape index (κ3) is 5.44. The van der Waals surface area contributed by atoms with Crippen LogP contribution in [-0.2, 0) is 0 Å². The topological polar surface area (TPSA) is 81.8 Å². The van der Waals surface area contributed by atoms with Gasteiger partial charge in [0.2, 0.25) is 0 Å². The quantitative estimate of drug-likeness (QED) is 0.163. The minimum atomic E-state index is 0.482. The van der Waals surface area contributed by atoms with Gasteiger partial charge in [-0.25, -0.2) is 29.9 Å². The van der Waals surface area contributed by atoms with Gasteiger partial charge < -0.3 is 0 Å². The van der Waals surface area contributed by atoms with Gasteiger partial charge in [0.25, 0.3) is 0 Å². The molecular weight excluding hydrogens is 723 g/mol. The van der Waals surface area contributed by atoms with Crippen molar-refractivity contribution in [2.24, 2.45) is 0 Å². The number of benzene rings is 7. The number of imidazole rings is 1. The lowest BCUT2D eigenvalue weighted by molar-refractivity contribution is 1.06. The predicted molar refractivity (Wildman–Crippen MR) is 239 cm³/mol. The van der Waals surface area contributed by atoms with Gasteiger partial charge in [-0.05, 0) is 51.9 Å². The number of aromatic nitrogens is 7. The zero-order chi connectivity index (χ0) is 38.9. The van der Waals surface area contributed by atoms with Gasteiger partial charge in [-0.15, -0.1) is 0 Å². The van der Waals surface area contributed by atoms with Crippen LogP contribution in [0.3, 0.4) is 0 Å². The molecule has 0 aliphatic rings. The van der Waals surface area contributed by atoms with Crippen molar-refractivity contribution in [2.75, 3.05) is 0 Å². The van der Waals surface area contributed by atoms with Gasteiger partial charge in [-0.2, -0.15) is 0 Å². The van der Waals surface area contributed by atoms with Crippen molar-refractivity contribution >= 4 is 59.8 Å². The first kappa shape index (κ1) is 33.0. The van der Waals surface area contributed by atoms with Crippen molar-refractivity contribution in [3.05, 3.63) is 188 Å². The van der Waals surface area contributed by atoms with Crippen LogP contribution in [-0.4, -0.2) is 34.3 Å². The third-order valence-electron chi connectivity index (χ3n) is 11.2. The van der Waals surface area contributed by atoms with Crippen LogP contribution in [0.1, 0.15) is 0 Å². The predicted octanol–water partition coefficient (Wildman–Crippen LogP) is 12.4. The lowest BCUT2D eigenvalue weighted by Gasteiger charge is -2.13. The standard InChI is InChI=1S/C52H31N7/c1-2-14-35-31-36(29-24-32(35)13-1)46-49(59-30-12-11-23-45(59)55-46)33-25-27-34(28-26-33)50-56-51(47-41-19-5-3-15-37(41)39-17-7-9-21-43(39)53-47)58-52(57-50)48-42-20-6-4-16-38(42)40-18-8-10-22-44(40)54-48/h1-31H. The number of rotatable bonds is 5. The lowest BCUT2D eigenvalue weighted by Crippen LogP contribution is -2.03. The zero-order valence-electron chi connectivity index (χ0n) is 31.5. The zero-order valence-corrected chi connectivity index (χ0v) is 31.5. The van der Waals surface area contributed by atoms with Crippen LogP contribution in [0.4, 0.5) is 0 Å². The van der Waals surface area contributed by atoms with E-state index in [0.29, 0.717) is 28.9 Å². The summed E-state index contributed by atoms with van der Waals surface area (Å²) in [6, 6.07) is 62.6. The van der Waals surface area contributed by atoms with Crippen molar-refractivity contribution < 1.29 is 0 Å². The molecule has 7 nitrogen and oxygen atoms in total.